The lowest BCUT2D eigenvalue weighted by Crippen LogP contribution is -2.51. The zero-order valence-corrected chi connectivity index (χ0v) is 49.5. The maximum Gasteiger partial charge on any atom is 0.192 e. The molecule has 4 saturated heterocycles. The third-order valence-electron chi connectivity index (χ3n) is 14.8. The van der Waals surface area contributed by atoms with Gasteiger partial charge in [0.25, 0.3) is 0 Å². The minimum atomic E-state index is -2.16. The van der Waals surface area contributed by atoms with Gasteiger partial charge in [0.15, 0.2) is 14.1 Å². The summed E-state index contributed by atoms with van der Waals surface area (Å²) in [6, 6.07) is 21.6. The van der Waals surface area contributed by atoms with Gasteiger partial charge in [0.1, 0.15) is 6.79 Å². The third kappa shape index (κ3) is 16.6. The molecule has 14 heteroatoms. The molecule has 7 nitrogen and oxygen atoms in total. The fourth-order valence-corrected chi connectivity index (χ4v) is 22.7. The Morgan fingerprint density at radius 2 is 1.42 bits per heavy atom. The topological polar surface area (TPSA) is 75.6 Å². The van der Waals surface area contributed by atoms with Crippen LogP contribution in [0, 0.1) is 11.8 Å². The van der Waals surface area contributed by atoms with E-state index in [0.717, 1.165) is 55.6 Å². The smallest absolute Gasteiger partial charge is 0.192 e. The summed E-state index contributed by atoms with van der Waals surface area (Å²) >= 11 is 12.8. The highest BCUT2D eigenvalue weighted by Gasteiger charge is 2.50. The molecule has 1 N–H and O–H groups in total. The van der Waals surface area contributed by atoms with Gasteiger partial charge in [-0.1, -0.05) is 94.4 Å². The third-order valence-corrected chi connectivity index (χ3v) is 29.8. The van der Waals surface area contributed by atoms with Crippen LogP contribution in [0.2, 0.25) is 18.1 Å². The van der Waals surface area contributed by atoms with Crippen molar-refractivity contribution in [1.82, 2.24) is 0 Å². The van der Waals surface area contributed by atoms with E-state index in [0.29, 0.717) is 38.8 Å². The summed E-state index contributed by atoms with van der Waals surface area (Å²) in [5.41, 5.74) is 2.57. The number of thioether (sulfide) groups is 6. The average Bonchev–Trinajstić information content (AvgIpc) is 3.31. The monoisotopic (exact) mass is 1080 g/mol. The molecule has 0 amide bonds. The highest BCUT2D eigenvalue weighted by atomic mass is 32.2. The maximum atomic E-state index is 12.5. The second kappa shape index (κ2) is 27.3. The maximum absolute atomic E-state index is 12.5. The molecule has 4 fully saturated rings. The van der Waals surface area contributed by atoms with Crippen molar-refractivity contribution in [3.05, 3.63) is 84.4 Å². The lowest BCUT2D eigenvalue weighted by atomic mass is 9.86. The van der Waals surface area contributed by atoms with E-state index in [1.165, 1.54) is 47.8 Å². The van der Waals surface area contributed by atoms with Crippen LogP contribution >= 0.6 is 70.6 Å². The van der Waals surface area contributed by atoms with Crippen LogP contribution in [0.25, 0.3) is 0 Å². The van der Waals surface area contributed by atoms with Gasteiger partial charge >= 0.3 is 0 Å². The van der Waals surface area contributed by atoms with Gasteiger partial charge in [0.2, 0.25) is 0 Å². The Kier molecular flexibility index (Phi) is 23.2. The summed E-state index contributed by atoms with van der Waals surface area (Å²) in [7, 11) is -0.392. The number of methoxy groups -OCH3 is 1. The van der Waals surface area contributed by atoms with Gasteiger partial charge in [-0.15, -0.1) is 77.2 Å². The van der Waals surface area contributed by atoms with Gasteiger partial charge in [0.05, 0.1) is 49.9 Å². The van der Waals surface area contributed by atoms with Crippen LogP contribution < -0.4 is 0 Å². The van der Waals surface area contributed by atoms with E-state index in [9.17, 15) is 5.11 Å². The molecule has 4 aliphatic heterocycles. The summed E-state index contributed by atoms with van der Waals surface area (Å²) in [5, 5.41) is 12.6. The van der Waals surface area contributed by atoms with Crippen molar-refractivity contribution in [1.29, 1.82) is 0 Å². The lowest BCUT2D eigenvalue weighted by Gasteiger charge is -2.48. The minimum absolute atomic E-state index is 0.0504. The van der Waals surface area contributed by atoms with Crippen LogP contribution in [-0.4, -0.2) is 113 Å². The van der Waals surface area contributed by atoms with E-state index in [4.69, 9.17) is 28.1 Å². The first-order valence-corrected chi connectivity index (χ1v) is 34.7. The summed E-state index contributed by atoms with van der Waals surface area (Å²) in [5.74, 6) is 6.18. The Hall–Kier alpha value is 0.217. The van der Waals surface area contributed by atoms with E-state index in [1.807, 2.05) is 38.1 Å². The minimum Gasteiger partial charge on any atom is -0.414 e. The van der Waals surface area contributed by atoms with E-state index < -0.39 is 20.2 Å². The molecule has 0 radical (unpaired) electrons. The molecule has 4 aliphatic rings. The molecular formula is C55H88O7S6Si. The number of rotatable bonds is 26. The van der Waals surface area contributed by atoms with Crippen LogP contribution in [0.5, 0.6) is 0 Å². The molecule has 0 unspecified atom stereocenters. The molecule has 7 atom stereocenters. The van der Waals surface area contributed by atoms with Crippen molar-refractivity contribution in [3.63, 3.8) is 0 Å². The second-order valence-corrected chi connectivity index (χ2v) is 35.7. The average molecular weight is 1080 g/mol. The number of aliphatic hydroxyl groups is 1. The van der Waals surface area contributed by atoms with Gasteiger partial charge in [-0.05, 0) is 142 Å². The predicted molar refractivity (Wildman–Crippen MR) is 307 cm³/mol. The molecule has 0 saturated carbocycles. The van der Waals surface area contributed by atoms with Crippen molar-refractivity contribution in [2.45, 2.75) is 185 Å². The highest BCUT2D eigenvalue weighted by Crippen LogP contribution is 2.60. The second-order valence-electron chi connectivity index (χ2n) is 21.6. The van der Waals surface area contributed by atoms with Crippen molar-refractivity contribution in [3.8, 4) is 0 Å². The van der Waals surface area contributed by atoms with E-state index in [-0.39, 0.29) is 47.6 Å². The van der Waals surface area contributed by atoms with E-state index in [1.54, 1.807) is 7.11 Å². The van der Waals surface area contributed by atoms with Crippen molar-refractivity contribution in [2.75, 3.05) is 55.0 Å². The zero-order valence-electron chi connectivity index (χ0n) is 43.6. The zero-order chi connectivity index (χ0) is 49.6. The molecule has 0 aliphatic carbocycles. The molecule has 2 aromatic carbocycles. The first kappa shape index (κ1) is 58.5. The molecular weight excluding hydrogens is 993 g/mol. The number of benzene rings is 2. The van der Waals surface area contributed by atoms with Gasteiger partial charge in [-0.25, -0.2) is 0 Å². The number of hydrogen-bond acceptors (Lipinski definition) is 13. The summed E-state index contributed by atoms with van der Waals surface area (Å²) < 4.78 is 39.2. The first-order valence-electron chi connectivity index (χ1n) is 25.9. The van der Waals surface area contributed by atoms with Crippen LogP contribution in [0.15, 0.2) is 73.3 Å². The van der Waals surface area contributed by atoms with Gasteiger partial charge in [-0.3, -0.25) is 0 Å². The van der Waals surface area contributed by atoms with Crippen LogP contribution in [-0.2, 0) is 38.8 Å². The van der Waals surface area contributed by atoms with Crippen LogP contribution in [0.1, 0.15) is 123 Å². The predicted octanol–water partition coefficient (Wildman–Crippen LogP) is 14.9. The van der Waals surface area contributed by atoms with Crippen LogP contribution in [0.4, 0.5) is 0 Å². The molecule has 2 aromatic rings. The summed E-state index contributed by atoms with van der Waals surface area (Å²) in [6.07, 6.45) is 12.2. The van der Waals surface area contributed by atoms with E-state index in [2.05, 4.69) is 160 Å². The Balaban J connectivity index is 1.20. The Labute approximate surface area is 445 Å². The van der Waals surface area contributed by atoms with Gasteiger partial charge in [0, 0.05) is 31.5 Å². The number of aliphatic hydroxyl groups excluding tert-OH is 1. The molecule has 6 rings (SSSR count). The SMILES string of the molecule is C=C[C@@H]([C@@H]1C[C@H](COCc2ccccc2)OC(C)(C)O1)[C@@H](O)CC1(C[C@H](CCCC2(C[C@@H](OCOC)[C@H](CC)C3(c4ccccc4)SCCCS3)SCCCS2)O[Si](C)(C)C(C)(C)C)SCCCS1. The summed E-state index contributed by atoms with van der Waals surface area (Å²) in [4.78, 5) is 0. The quantitative estimate of drug-likeness (QED) is 0.0553. The van der Waals surface area contributed by atoms with Crippen molar-refractivity contribution in [2.24, 2.45) is 11.8 Å². The fraction of sp³-hybridized carbons (Fsp3) is 0.745. The van der Waals surface area contributed by atoms with Crippen molar-refractivity contribution < 1.29 is 33.2 Å². The molecule has 0 bridgehead atoms. The van der Waals surface area contributed by atoms with E-state index >= 15 is 0 Å². The Bertz CT molecular complexity index is 1780. The highest BCUT2D eigenvalue weighted by molar-refractivity contribution is 8.19. The molecule has 390 valence electrons. The van der Waals surface area contributed by atoms with Gasteiger partial charge in [-0.2, -0.15) is 0 Å². The summed E-state index contributed by atoms with van der Waals surface area (Å²) in [6.45, 7) is 23.9. The van der Waals surface area contributed by atoms with Crippen LogP contribution in [0.3, 0.4) is 0 Å². The number of hydrogen-bond donors (Lipinski definition) is 1. The molecule has 0 aromatic heterocycles. The standard InChI is InChI=1S/C55H88O7S6Si/c1-11-46(49-35-45(60-52(6,7)61-49)40-58-39-42-23-15-13-16-24-42)48(56)37-54(65-31-21-32-66-54)36-44(62-69(9,10)51(3,4)5)27-19-28-53(63-29-20-30-64-53)38-50(59-41-57-8)47(12-2)55(67-33-22-34-68-55)43-25-17-14-18-26-43/h11,13-18,23-26,44-50,56H,1,12,19-22,27-41H2,2-10H3/t44-,45+,46+,47-,48-,49-,50+/m0/s1. The largest absolute Gasteiger partial charge is 0.414 e. The molecule has 4 heterocycles. The number of ether oxygens (including phenoxy) is 5. The molecule has 0 spiro atoms. The lowest BCUT2D eigenvalue weighted by molar-refractivity contribution is -0.314. The van der Waals surface area contributed by atoms with Crippen molar-refractivity contribution >= 4 is 78.9 Å². The Morgan fingerprint density at radius 3 is 2.00 bits per heavy atom. The molecule has 69 heavy (non-hydrogen) atoms. The van der Waals surface area contributed by atoms with Gasteiger partial charge < -0.3 is 33.2 Å². The normalized spacial score (nSPS) is 25.0. The fourth-order valence-electron chi connectivity index (χ4n) is 10.4. The first-order chi connectivity index (χ1) is 33.0. The Morgan fingerprint density at radius 1 is 0.826 bits per heavy atom.